The monoisotopic (exact) mass is 231 g/mol. The maximum Gasteiger partial charge on any atom is 0.120 e. The maximum absolute atomic E-state index is 6.24. The standard InChI is InChI=1S/C15H21NO/c1-15(7-3-2-4-8-15)17-14-6-5-12-10-16-11-13(12)9-14/h5-6,9,16H,2-4,7-8,10-11H2,1H3. The zero-order valence-corrected chi connectivity index (χ0v) is 10.6. The van der Waals surface area contributed by atoms with Crippen LogP contribution in [0.5, 0.6) is 5.75 Å². The summed E-state index contributed by atoms with van der Waals surface area (Å²) in [5.74, 6) is 1.05. The molecule has 2 aliphatic rings. The van der Waals surface area contributed by atoms with Gasteiger partial charge in [0.1, 0.15) is 11.4 Å². The van der Waals surface area contributed by atoms with E-state index in [0.29, 0.717) is 0 Å². The van der Waals surface area contributed by atoms with Gasteiger partial charge in [0.2, 0.25) is 0 Å². The number of fused-ring (bicyclic) bond motifs is 1. The van der Waals surface area contributed by atoms with Crippen LogP contribution in [0.25, 0.3) is 0 Å². The van der Waals surface area contributed by atoms with Gasteiger partial charge in [-0.3, -0.25) is 0 Å². The molecule has 0 unspecified atom stereocenters. The van der Waals surface area contributed by atoms with E-state index in [4.69, 9.17) is 4.74 Å². The number of rotatable bonds is 2. The number of hydrogen-bond acceptors (Lipinski definition) is 2. The molecule has 0 atom stereocenters. The summed E-state index contributed by atoms with van der Waals surface area (Å²) in [6.07, 6.45) is 6.38. The highest BCUT2D eigenvalue weighted by Gasteiger charge is 2.28. The fraction of sp³-hybridized carbons (Fsp3) is 0.600. The first-order valence-corrected chi connectivity index (χ1v) is 6.77. The Bertz CT molecular complexity index is 407. The van der Waals surface area contributed by atoms with Gasteiger partial charge in [0.15, 0.2) is 0 Å². The predicted molar refractivity (Wildman–Crippen MR) is 69.1 cm³/mol. The number of benzene rings is 1. The highest BCUT2D eigenvalue weighted by molar-refractivity contribution is 5.38. The minimum atomic E-state index is 0.0680. The van der Waals surface area contributed by atoms with Crippen LogP contribution < -0.4 is 10.1 Å². The Kier molecular flexibility index (Phi) is 2.83. The van der Waals surface area contributed by atoms with Crippen LogP contribution in [0.3, 0.4) is 0 Å². The average molecular weight is 231 g/mol. The van der Waals surface area contributed by atoms with Gasteiger partial charge in [0, 0.05) is 13.1 Å². The lowest BCUT2D eigenvalue weighted by Gasteiger charge is -2.34. The third kappa shape index (κ3) is 2.32. The zero-order valence-electron chi connectivity index (χ0n) is 10.6. The molecule has 1 N–H and O–H groups in total. The Morgan fingerprint density at radius 3 is 2.65 bits per heavy atom. The van der Waals surface area contributed by atoms with Crippen LogP contribution in [-0.2, 0) is 13.1 Å². The fourth-order valence-electron chi connectivity index (χ4n) is 3.02. The van der Waals surface area contributed by atoms with Crippen molar-refractivity contribution in [3.63, 3.8) is 0 Å². The van der Waals surface area contributed by atoms with Gasteiger partial charge in [0.25, 0.3) is 0 Å². The average Bonchev–Trinajstić information content (AvgIpc) is 2.76. The summed E-state index contributed by atoms with van der Waals surface area (Å²) in [6, 6.07) is 6.55. The van der Waals surface area contributed by atoms with Crippen molar-refractivity contribution in [1.29, 1.82) is 0 Å². The Balaban J connectivity index is 1.76. The van der Waals surface area contributed by atoms with Crippen LogP contribution >= 0.6 is 0 Å². The Labute approximate surface area is 103 Å². The molecule has 1 saturated carbocycles. The molecule has 0 aromatic heterocycles. The highest BCUT2D eigenvalue weighted by atomic mass is 16.5. The molecule has 3 rings (SSSR count). The summed E-state index contributed by atoms with van der Waals surface area (Å²) in [4.78, 5) is 0. The van der Waals surface area contributed by atoms with Crippen molar-refractivity contribution in [3.8, 4) is 5.75 Å². The van der Waals surface area contributed by atoms with E-state index in [1.807, 2.05) is 0 Å². The van der Waals surface area contributed by atoms with E-state index in [2.05, 4.69) is 30.4 Å². The largest absolute Gasteiger partial charge is 0.488 e. The molecule has 0 bridgehead atoms. The van der Waals surface area contributed by atoms with Gasteiger partial charge < -0.3 is 10.1 Å². The van der Waals surface area contributed by atoms with Gasteiger partial charge in [-0.2, -0.15) is 0 Å². The molecule has 0 radical (unpaired) electrons. The van der Waals surface area contributed by atoms with Crippen molar-refractivity contribution in [3.05, 3.63) is 29.3 Å². The lowest BCUT2D eigenvalue weighted by molar-refractivity contribution is 0.0487. The second kappa shape index (κ2) is 4.34. The van der Waals surface area contributed by atoms with Crippen LogP contribution in [0.2, 0.25) is 0 Å². The van der Waals surface area contributed by atoms with Crippen molar-refractivity contribution in [2.45, 2.75) is 57.7 Å². The molecule has 0 spiro atoms. The van der Waals surface area contributed by atoms with Crippen molar-refractivity contribution in [1.82, 2.24) is 5.32 Å². The molecule has 1 aromatic rings. The molecular formula is C15H21NO. The second-order valence-corrected chi connectivity index (χ2v) is 5.65. The van der Waals surface area contributed by atoms with Gasteiger partial charge in [0.05, 0.1) is 0 Å². The molecule has 2 heteroatoms. The molecule has 1 heterocycles. The first-order valence-electron chi connectivity index (χ1n) is 6.77. The molecule has 17 heavy (non-hydrogen) atoms. The van der Waals surface area contributed by atoms with E-state index in [9.17, 15) is 0 Å². The minimum Gasteiger partial charge on any atom is -0.488 e. The second-order valence-electron chi connectivity index (χ2n) is 5.65. The quantitative estimate of drug-likeness (QED) is 0.842. The SMILES string of the molecule is CC1(Oc2ccc3c(c2)CNC3)CCCCC1. The van der Waals surface area contributed by atoms with Crippen molar-refractivity contribution < 1.29 is 4.74 Å². The maximum atomic E-state index is 6.24. The zero-order chi connectivity index (χ0) is 11.7. The lowest BCUT2D eigenvalue weighted by atomic mass is 9.86. The topological polar surface area (TPSA) is 21.3 Å². The molecule has 0 amide bonds. The van der Waals surface area contributed by atoms with Crippen LogP contribution in [0.4, 0.5) is 0 Å². The molecule has 1 aromatic carbocycles. The van der Waals surface area contributed by atoms with Crippen LogP contribution in [0, 0.1) is 0 Å². The smallest absolute Gasteiger partial charge is 0.120 e. The van der Waals surface area contributed by atoms with E-state index in [1.165, 1.54) is 43.2 Å². The van der Waals surface area contributed by atoms with Gasteiger partial charge in [-0.1, -0.05) is 12.5 Å². The molecular weight excluding hydrogens is 210 g/mol. The summed E-state index contributed by atoms with van der Waals surface area (Å²) in [5, 5.41) is 3.37. The van der Waals surface area contributed by atoms with Gasteiger partial charge in [-0.05, 0) is 55.9 Å². The van der Waals surface area contributed by atoms with Gasteiger partial charge >= 0.3 is 0 Å². The highest BCUT2D eigenvalue weighted by Crippen LogP contribution is 2.33. The number of nitrogens with one attached hydrogen (secondary N) is 1. The predicted octanol–water partition coefficient (Wildman–Crippen LogP) is 3.39. The van der Waals surface area contributed by atoms with E-state index in [-0.39, 0.29) is 5.60 Å². The molecule has 92 valence electrons. The molecule has 1 fully saturated rings. The number of ether oxygens (including phenoxy) is 1. The summed E-state index contributed by atoms with van der Waals surface area (Å²) in [7, 11) is 0. The molecule has 0 saturated heterocycles. The Morgan fingerprint density at radius 1 is 1.06 bits per heavy atom. The first kappa shape index (κ1) is 11.1. The fourth-order valence-corrected chi connectivity index (χ4v) is 3.02. The lowest BCUT2D eigenvalue weighted by Crippen LogP contribution is -2.34. The van der Waals surface area contributed by atoms with E-state index < -0.39 is 0 Å². The summed E-state index contributed by atoms with van der Waals surface area (Å²) < 4.78 is 6.24. The van der Waals surface area contributed by atoms with Crippen LogP contribution in [0.1, 0.15) is 50.2 Å². The number of hydrogen-bond donors (Lipinski definition) is 1. The molecule has 2 nitrogen and oxygen atoms in total. The normalized spacial score (nSPS) is 22.2. The van der Waals surface area contributed by atoms with E-state index >= 15 is 0 Å². The van der Waals surface area contributed by atoms with Gasteiger partial charge in [-0.15, -0.1) is 0 Å². The van der Waals surface area contributed by atoms with Gasteiger partial charge in [-0.25, -0.2) is 0 Å². The summed E-state index contributed by atoms with van der Waals surface area (Å²) in [6.45, 7) is 4.26. The Hall–Kier alpha value is -1.02. The Morgan fingerprint density at radius 2 is 1.82 bits per heavy atom. The first-order chi connectivity index (χ1) is 8.25. The van der Waals surface area contributed by atoms with Crippen LogP contribution in [0.15, 0.2) is 18.2 Å². The van der Waals surface area contributed by atoms with E-state index in [1.54, 1.807) is 0 Å². The van der Waals surface area contributed by atoms with Crippen LogP contribution in [-0.4, -0.2) is 5.60 Å². The molecule has 1 aliphatic heterocycles. The van der Waals surface area contributed by atoms with Crippen molar-refractivity contribution >= 4 is 0 Å². The van der Waals surface area contributed by atoms with Crippen molar-refractivity contribution in [2.75, 3.05) is 0 Å². The minimum absolute atomic E-state index is 0.0680. The summed E-state index contributed by atoms with van der Waals surface area (Å²) in [5.41, 5.74) is 2.89. The van der Waals surface area contributed by atoms with Crippen molar-refractivity contribution in [2.24, 2.45) is 0 Å². The van der Waals surface area contributed by atoms with E-state index in [0.717, 1.165) is 18.8 Å². The third-order valence-electron chi connectivity index (χ3n) is 4.08. The third-order valence-corrected chi connectivity index (χ3v) is 4.08. The molecule has 1 aliphatic carbocycles. The summed E-state index contributed by atoms with van der Waals surface area (Å²) >= 11 is 0.